The Morgan fingerprint density at radius 2 is 1.52 bits per heavy atom. The fourth-order valence-electron chi connectivity index (χ4n) is 7.13. The Kier molecular flexibility index (Phi) is 9.22. The van der Waals surface area contributed by atoms with E-state index >= 15 is 0 Å². The fraction of sp³-hybridized carbons (Fsp3) is 0.351. The number of nitrogens with zero attached hydrogens (tertiary/aromatic N) is 7. The zero-order chi connectivity index (χ0) is 33.0. The molecule has 2 aliphatic heterocycles. The van der Waals surface area contributed by atoms with Crippen molar-refractivity contribution in [1.29, 1.82) is 0 Å². The van der Waals surface area contributed by atoms with Gasteiger partial charge in [0.15, 0.2) is 0 Å². The van der Waals surface area contributed by atoms with E-state index in [1.54, 1.807) is 24.7 Å². The van der Waals surface area contributed by atoms with E-state index in [0.717, 1.165) is 92.3 Å². The summed E-state index contributed by atoms with van der Waals surface area (Å²) < 4.78 is 9.35. The van der Waals surface area contributed by atoms with E-state index in [4.69, 9.17) is 20.7 Å². The highest BCUT2D eigenvalue weighted by molar-refractivity contribution is 5.96. The Hall–Kier alpha value is -5.00. The number of esters is 1. The second-order valence-electron chi connectivity index (χ2n) is 12.9. The second-order valence-corrected chi connectivity index (χ2v) is 12.9. The van der Waals surface area contributed by atoms with Crippen molar-refractivity contribution in [3.63, 3.8) is 0 Å². The van der Waals surface area contributed by atoms with Crippen LogP contribution in [-0.4, -0.2) is 80.7 Å². The van der Waals surface area contributed by atoms with Crippen molar-refractivity contribution in [3.8, 4) is 22.5 Å². The van der Waals surface area contributed by atoms with E-state index in [2.05, 4.69) is 72.9 Å². The number of nitrogen functional groups attached to an aromatic ring is 1. The number of hydrogen-bond donors (Lipinski definition) is 2. The lowest BCUT2D eigenvalue weighted by Gasteiger charge is -2.33. The Morgan fingerprint density at radius 1 is 0.833 bits per heavy atom. The van der Waals surface area contributed by atoms with Crippen molar-refractivity contribution in [1.82, 2.24) is 34.3 Å². The highest BCUT2D eigenvalue weighted by atomic mass is 16.5. The molecule has 2 aromatic carbocycles. The van der Waals surface area contributed by atoms with Gasteiger partial charge in [-0.1, -0.05) is 48.5 Å². The molecule has 0 amide bonds. The molecule has 0 unspecified atom stereocenters. The Balaban J connectivity index is 1.12. The molecular weight excluding hydrogens is 602 g/mol. The number of methoxy groups -OCH3 is 1. The summed E-state index contributed by atoms with van der Waals surface area (Å²) in [5, 5.41) is 13.1. The first-order valence-electron chi connectivity index (χ1n) is 16.7. The lowest BCUT2D eigenvalue weighted by Crippen LogP contribution is -2.34. The van der Waals surface area contributed by atoms with Crippen molar-refractivity contribution in [2.75, 3.05) is 51.4 Å². The summed E-state index contributed by atoms with van der Waals surface area (Å²) in [5.41, 5.74) is 14.4. The molecule has 0 aliphatic carbocycles. The van der Waals surface area contributed by atoms with Crippen LogP contribution in [0.2, 0.25) is 0 Å². The highest BCUT2D eigenvalue weighted by Gasteiger charge is 2.27. The molecule has 11 nitrogen and oxygen atoms in total. The second kappa shape index (κ2) is 14.0. The standard InChI is InChI=1S/C37H43N9O2/c1-43-17-12-29(13-18-43)46-36(34(24-41-46)42-33-23-39-16-11-31(33)37(47)48-2)28-10-6-7-26(21-28)25-44-19-14-30(15-20-44)45-35(32(38)22-40-45)27-8-4-3-5-9-27/h3-11,16,21-24,29-30,42H,12-15,17-20,25,38H2,1-2H3. The molecule has 2 fully saturated rings. The number of likely N-dealkylation sites (tertiary alicyclic amines) is 2. The molecule has 2 saturated heterocycles. The van der Waals surface area contributed by atoms with Crippen molar-refractivity contribution in [3.05, 3.63) is 96.6 Å². The molecule has 7 rings (SSSR count). The number of nitrogens with one attached hydrogen (secondary N) is 1. The molecular formula is C37H43N9O2. The summed E-state index contributed by atoms with van der Waals surface area (Å²) in [6.07, 6.45) is 11.0. The van der Waals surface area contributed by atoms with Crippen LogP contribution >= 0.6 is 0 Å². The number of aromatic nitrogens is 5. The minimum absolute atomic E-state index is 0.278. The average Bonchev–Trinajstić information content (AvgIpc) is 3.72. The number of ether oxygens (including phenoxy) is 1. The minimum Gasteiger partial charge on any atom is -0.465 e. The molecule has 2 aliphatic rings. The predicted octanol–water partition coefficient (Wildman–Crippen LogP) is 6.02. The molecule has 0 bridgehead atoms. The minimum atomic E-state index is -0.415. The zero-order valence-electron chi connectivity index (χ0n) is 27.6. The molecule has 0 radical (unpaired) electrons. The summed E-state index contributed by atoms with van der Waals surface area (Å²) in [7, 11) is 3.56. The number of anilines is 3. The normalized spacial score (nSPS) is 16.6. The number of carbonyl (C=O) groups is 1. The molecule has 5 aromatic rings. The molecule has 48 heavy (non-hydrogen) atoms. The highest BCUT2D eigenvalue weighted by Crippen LogP contribution is 2.37. The van der Waals surface area contributed by atoms with E-state index in [1.165, 1.54) is 12.7 Å². The number of nitrogens with two attached hydrogens (primary N) is 1. The number of benzene rings is 2. The largest absolute Gasteiger partial charge is 0.465 e. The maximum absolute atomic E-state index is 12.5. The Morgan fingerprint density at radius 3 is 2.27 bits per heavy atom. The first-order valence-corrected chi connectivity index (χ1v) is 16.7. The first-order chi connectivity index (χ1) is 23.5. The third-order valence-corrected chi connectivity index (χ3v) is 9.71. The van der Waals surface area contributed by atoms with Gasteiger partial charge in [0.25, 0.3) is 0 Å². The van der Waals surface area contributed by atoms with Crippen LogP contribution in [0.3, 0.4) is 0 Å². The SMILES string of the molecule is COC(=O)c1ccncc1Nc1cnn(C2CCN(C)CC2)c1-c1cccc(CN2CCC(n3ncc(N)c3-c3ccccc3)CC2)c1. The molecule has 0 atom stereocenters. The van der Waals surface area contributed by atoms with E-state index in [-0.39, 0.29) is 6.04 Å². The van der Waals surface area contributed by atoms with Crippen molar-refractivity contribution in [2.45, 2.75) is 44.3 Å². The van der Waals surface area contributed by atoms with Gasteiger partial charge < -0.3 is 20.7 Å². The maximum atomic E-state index is 12.5. The molecule has 0 saturated carbocycles. The Labute approximate surface area is 281 Å². The Bertz CT molecular complexity index is 1850. The van der Waals surface area contributed by atoms with Gasteiger partial charge in [-0.05, 0) is 63.5 Å². The smallest absolute Gasteiger partial charge is 0.340 e. The van der Waals surface area contributed by atoms with Gasteiger partial charge in [0, 0.05) is 37.0 Å². The summed E-state index contributed by atoms with van der Waals surface area (Å²) in [6, 6.07) is 21.3. The van der Waals surface area contributed by atoms with Gasteiger partial charge in [0.2, 0.25) is 0 Å². The van der Waals surface area contributed by atoms with Gasteiger partial charge in [-0.3, -0.25) is 19.2 Å². The summed E-state index contributed by atoms with van der Waals surface area (Å²) in [6.45, 7) is 4.85. The predicted molar refractivity (Wildman–Crippen MR) is 188 cm³/mol. The first kappa shape index (κ1) is 31.6. The molecule has 5 heterocycles. The third kappa shape index (κ3) is 6.56. The molecule has 248 valence electrons. The van der Waals surface area contributed by atoms with Crippen molar-refractivity contribution < 1.29 is 9.53 Å². The number of hydrogen-bond acceptors (Lipinski definition) is 9. The van der Waals surface area contributed by atoms with Gasteiger partial charge in [0.1, 0.15) is 0 Å². The quantitative estimate of drug-likeness (QED) is 0.185. The zero-order valence-corrected chi connectivity index (χ0v) is 27.6. The average molecular weight is 646 g/mol. The van der Waals surface area contributed by atoms with Gasteiger partial charge in [-0.25, -0.2) is 4.79 Å². The summed E-state index contributed by atoms with van der Waals surface area (Å²) >= 11 is 0. The van der Waals surface area contributed by atoms with Crippen LogP contribution in [0.15, 0.2) is 85.5 Å². The van der Waals surface area contributed by atoms with Gasteiger partial charge in [-0.15, -0.1) is 0 Å². The van der Waals surface area contributed by atoms with Crippen LogP contribution in [-0.2, 0) is 11.3 Å². The lowest BCUT2D eigenvalue weighted by molar-refractivity contribution is 0.0601. The summed E-state index contributed by atoms with van der Waals surface area (Å²) in [5.74, 6) is -0.415. The number of pyridine rings is 1. The van der Waals surface area contributed by atoms with Crippen LogP contribution in [0.25, 0.3) is 22.5 Å². The van der Waals surface area contributed by atoms with E-state index in [0.29, 0.717) is 17.3 Å². The topological polar surface area (TPSA) is 119 Å². The van der Waals surface area contributed by atoms with Gasteiger partial charge >= 0.3 is 5.97 Å². The van der Waals surface area contributed by atoms with Crippen LogP contribution in [0.4, 0.5) is 17.1 Å². The van der Waals surface area contributed by atoms with Gasteiger partial charge in [0.05, 0.1) is 71.8 Å². The molecule has 11 heteroatoms. The monoisotopic (exact) mass is 645 g/mol. The van der Waals surface area contributed by atoms with E-state index in [9.17, 15) is 4.79 Å². The van der Waals surface area contributed by atoms with Crippen molar-refractivity contribution >= 4 is 23.0 Å². The van der Waals surface area contributed by atoms with Crippen LogP contribution < -0.4 is 11.1 Å². The van der Waals surface area contributed by atoms with Crippen LogP contribution in [0, 0.1) is 0 Å². The maximum Gasteiger partial charge on any atom is 0.340 e. The van der Waals surface area contributed by atoms with Crippen molar-refractivity contribution in [2.24, 2.45) is 0 Å². The number of carbonyl (C=O) groups excluding carboxylic acids is 1. The lowest BCUT2D eigenvalue weighted by atomic mass is 10.0. The van der Waals surface area contributed by atoms with E-state index in [1.807, 2.05) is 24.4 Å². The molecule has 3 N–H and O–H groups in total. The molecule has 3 aromatic heterocycles. The van der Waals surface area contributed by atoms with Crippen LogP contribution in [0.5, 0.6) is 0 Å². The number of piperidine rings is 2. The van der Waals surface area contributed by atoms with Gasteiger partial charge in [-0.2, -0.15) is 10.2 Å². The van der Waals surface area contributed by atoms with E-state index < -0.39 is 5.97 Å². The molecule has 0 spiro atoms. The summed E-state index contributed by atoms with van der Waals surface area (Å²) in [4.78, 5) is 21.7. The van der Waals surface area contributed by atoms with Crippen LogP contribution in [0.1, 0.15) is 53.7 Å². The third-order valence-electron chi connectivity index (χ3n) is 9.71. The fourth-order valence-corrected chi connectivity index (χ4v) is 7.13. The number of rotatable bonds is 9.